The standard InChI is InChI=1S/C16H23N3S/c1-13-8-11-20-16(13)12-19-9-5-3-4-6-15(19)14-7-10-18(2)17-14/h7-8,10-11,15H,3-6,9,12H2,1-2H3/t15-/m0/s1. The van der Waals surface area contributed by atoms with Crippen LogP contribution in [0.1, 0.15) is 47.9 Å². The molecule has 4 heteroatoms. The summed E-state index contributed by atoms with van der Waals surface area (Å²) in [7, 11) is 2.01. The average molecular weight is 289 g/mol. The average Bonchev–Trinajstić information content (AvgIpc) is 2.95. The Labute approximate surface area is 125 Å². The number of nitrogens with zero attached hydrogens (tertiary/aromatic N) is 3. The van der Waals surface area contributed by atoms with Crippen molar-refractivity contribution in [2.45, 2.75) is 45.2 Å². The van der Waals surface area contributed by atoms with E-state index in [1.54, 1.807) is 0 Å². The van der Waals surface area contributed by atoms with Crippen molar-refractivity contribution in [3.8, 4) is 0 Å². The van der Waals surface area contributed by atoms with E-state index >= 15 is 0 Å². The van der Waals surface area contributed by atoms with Crippen LogP contribution < -0.4 is 0 Å². The maximum absolute atomic E-state index is 4.66. The number of likely N-dealkylation sites (tertiary alicyclic amines) is 1. The first-order chi connectivity index (χ1) is 9.74. The van der Waals surface area contributed by atoms with Crippen LogP contribution in [0.3, 0.4) is 0 Å². The highest BCUT2D eigenvalue weighted by Gasteiger charge is 2.25. The van der Waals surface area contributed by atoms with Crippen LogP contribution in [0.25, 0.3) is 0 Å². The fourth-order valence-corrected chi connectivity index (χ4v) is 3.98. The summed E-state index contributed by atoms with van der Waals surface area (Å²) in [5.41, 5.74) is 2.67. The van der Waals surface area contributed by atoms with Crippen LogP contribution in [0.4, 0.5) is 0 Å². The van der Waals surface area contributed by atoms with E-state index in [0.29, 0.717) is 6.04 Å². The third-order valence-corrected chi connectivity index (χ3v) is 5.26. The predicted octanol–water partition coefficient (Wildman–Crippen LogP) is 3.91. The van der Waals surface area contributed by atoms with Crippen LogP contribution in [0.5, 0.6) is 0 Å². The first-order valence-electron chi connectivity index (χ1n) is 7.50. The van der Waals surface area contributed by atoms with Gasteiger partial charge in [-0.05, 0) is 49.4 Å². The fraction of sp³-hybridized carbons (Fsp3) is 0.562. The van der Waals surface area contributed by atoms with Crippen molar-refractivity contribution in [3.05, 3.63) is 39.8 Å². The zero-order chi connectivity index (χ0) is 13.9. The molecule has 0 aliphatic carbocycles. The maximum atomic E-state index is 4.66. The van der Waals surface area contributed by atoms with Gasteiger partial charge in [0.2, 0.25) is 0 Å². The zero-order valence-electron chi connectivity index (χ0n) is 12.4. The fourth-order valence-electron chi connectivity index (χ4n) is 3.05. The summed E-state index contributed by atoms with van der Waals surface area (Å²) in [6.07, 6.45) is 7.29. The van der Waals surface area contributed by atoms with Crippen molar-refractivity contribution in [2.75, 3.05) is 6.54 Å². The molecule has 20 heavy (non-hydrogen) atoms. The Morgan fingerprint density at radius 3 is 2.90 bits per heavy atom. The van der Waals surface area contributed by atoms with E-state index in [2.05, 4.69) is 40.6 Å². The van der Waals surface area contributed by atoms with Gasteiger partial charge in [-0.3, -0.25) is 9.58 Å². The van der Waals surface area contributed by atoms with E-state index < -0.39 is 0 Å². The normalized spacial score (nSPS) is 21.0. The Balaban J connectivity index is 1.82. The van der Waals surface area contributed by atoms with Crippen molar-refractivity contribution in [1.82, 2.24) is 14.7 Å². The molecule has 1 aliphatic rings. The topological polar surface area (TPSA) is 21.1 Å². The summed E-state index contributed by atoms with van der Waals surface area (Å²) in [5, 5.41) is 6.86. The lowest BCUT2D eigenvalue weighted by atomic mass is 10.1. The van der Waals surface area contributed by atoms with Gasteiger partial charge in [-0.2, -0.15) is 5.10 Å². The minimum absolute atomic E-state index is 0.486. The van der Waals surface area contributed by atoms with Crippen molar-refractivity contribution in [1.29, 1.82) is 0 Å². The van der Waals surface area contributed by atoms with Gasteiger partial charge in [0, 0.05) is 24.7 Å². The lowest BCUT2D eigenvalue weighted by molar-refractivity contribution is 0.189. The predicted molar refractivity (Wildman–Crippen MR) is 83.9 cm³/mol. The Morgan fingerprint density at radius 1 is 1.30 bits per heavy atom. The van der Waals surface area contributed by atoms with Gasteiger partial charge >= 0.3 is 0 Å². The Bertz CT molecular complexity index is 558. The SMILES string of the molecule is Cc1ccsc1CN1CCCCC[C@H]1c1ccn(C)n1. The minimum Gasteiger partial charge on any atom is -0.290 e. The zero-order valence-corrected chi connectivity index (χ0v) is 13.2. The van der Waals surface area contributed by atoms with Gasteiger partial charge in [0.1, 0.15) is 0 Å². The molecule has 3 rings (SSSR count). The van der Waals surface area contributed by atoms with E-state index in [0.717, 1.165) is 6.54 Å². The second-order valence-corrected chi connectivity index (χ2v) is 6.78. The van der Waals surface area contributed by atoms with Crippen LogP contribution in [0.15, 0.2) is 23.7 Å². The van der Waals surface area contributed by atoms with E-state index in [1.165, 1.54) is 48.4 Å². The molecule has 0 N–H and O–H groups in total. The molecule has 0 saturated carbocycles. The van der Waals surface area contributed by atoms with Crippen molar-refractivity contribution in [3.63, 3.8) is 0 Å². The second-order valence-electron chi connectivity index (χ2n) is 5.78. The summed E-state index contributed by atoms with van der Waals surface area (Å²) in [6.45, 7) is 4.49. The van der Waals surface area contributed by atoms with E-state index in [9.17, 15) is 0 Å². The Morgan fingerprint density at radius 2 is 2.20 bits per heavy atom. The van der Waals surface area contributed by atoms with Crippen molar-refractivity contribution < 1.29 is 0 Å². The third kappa shape index (κ3) is 2.96. The molecule has 1 fully saturated rings. The lowest BCUT2D eigenvalue weighted by Gasteiger charge is -2.28. The van der Waals surface area contributed by atoms with Crippen LogP contribution in [0, 0.1) is 6.92 Å². The highest BCUT2D eigenvalue weighted by molar-refractivity contribution is 7.10. The molecule has 0 amide bonds. The van der Waals surface area contributed by atoms with Crippen LogP contribution >= 0.6 is 11.3 Å². The third-order valence-electron chi connectivity index (χ3n) is 4.25. The summed E-state index contributed by atoms with van der Waals surface area (Å²) >= 11 is 1.89. The highest BCUT2D eigenvalue weighted by atomic mass is 32.1. The highest BCUT2D eigenvalue weighted by Crippen LogP contribution is 2.31. The Hall–Kier alpha value is -1.13. The van der Waals surface area contributed by atoms with Gasteiger partial charge in [-0.15, -0.1) is 11.3 Å². The number of rotatable bonds is 3. The lowest BCUT2D eigenvalue weighted by Crippen LogP contribution is -2.28. The van der Waals surface area contributed by atoms with Gasteiger partial charge in [0.15, 0.2) is 0 Å². The van der Waals surface area contributed by atoms with Gasteiger partial charge < -0.3 is 0 Å². The molecule has 0 radical (unpaired) electrons. The molecule has 108 valence electrons. The van der Waals surface area contributed by atoms with Crippen molar-refractivity contribution >= 4 is 11.3 Å². The largest absolute Gasteiger partial charge is 0.290 e. The van der Waals surface area contributed by atoms with Gasteiger partial charge in [0.25, 0.3) is 0 Å². The van der Waals surface area contributed by atoms with Crippen molar-refractivity contribution in [2.24, 2.45) is 7.05 Å². The first kappa shape index (κ1) is 13.8. The van der Waals surface area contributed by atoms with E-state index in [1.807, 2.05) is 23.1 Å². The molecule has 1 saturated heterocycles. The monoisotopic (exact) mass is 289 g/mol. The number of aryl methyl sites for hydroxylation is 2. The molecular weight excluding hydrogens is 266 g/mol. The van der Waals surface area contributed by atoms with Gasteiger partial charge in [-0.1, -0.05) is 12.8 Å². The van der Waals surface area contributed by atoms with Crippen LogP contribution in [0.2, 0.25) is 0 Å². The number of hydrogen-bond acceptors (Lipinski definition) is 3. The molecule has 3 heterocycles. The minimum atomic E-state index is 0.486. The molecule has 3 nitrogen and oxygen atoms in total. The number of aromatic nitrogens is 2. The van der Waals surface area contributed by atoms with E-state index in [-0.39, 0.29) is 0 Å². The van der Waals surface area contributed by atoms with Gasteiger partial charge in [0.05, 0.1) is 11.7 Å². The molecule has 2 aromatic rings. The summed E-state index contributed by atoms with van der Waals surface area (Å²) in [6, 6.07) is 4.90. The second kappa shape index (κ2) is 6.10. The molecule has 0 aromatic carbocycles. The van der Waals surface area contributed by atoms with Crippen LogP contribution in [-0.2, 0) is 13.6 Å². The molecule has 2 aromatic heterocycles. The molecule has 0 unspecified atom stereocenters. The number of thiophene rings is 1. The first-order valence-corrected chi connectivity index (χ1v) is 8.38. The molecular formula is C16H23N3S. The molecule has 0 spiro atoms. The smallest absolute Gasteiger partial charge is 0.0796 e. The Kier molecular flexibility index (Phi) is 4.22. The van der Waals surface area contributed by atoms with Gasteiger partial charge in [-0.25, -0.2) is 0 Å². The van der Waals surface area contributed by atoms with Crippen LogP contribution in [-0.4, -0.2) is 21.2 Å². The molecule has 0 bridgehead atoms. The van der Waals surface area contributed by atoms with E-state index in [4.69, 9.17) is 0 Å². The summed E-state index contributed by atoms with van der Waals surface area (Å²) in [4.78, 5) is 4.14. The quantitative estimate of drug-likeness (QED) is 0.854. The maximum Gasteiger partial charge on any atom is 0.0796 e. The molecule has 1 atom stereocenters. The molecule has 1 aliphatic heterocycles. The number of hydrogen-bond donors (Lipinski definition) is 0. The summed E-state index contributed by atoms with van der Waals surface area (Å²) < 4.78 is 1.93. The summed E-state index contributed by atoms with van der Waals surface area (Å²) in [5.74, 6) is 0.